The van der Waals surface area contributed by atoms with Crippen LogP contribution < -0.4 is 24.8 Å². The molecule has 0 unspecified atom stereocenters. The molecule has 0 atom stereocenters. The minimum atomic E-state index is -0.237. The quantitative estimate of drug-likeness (QED) is 0.803. The largest absolute Gasteiger partial charge is 0.492 e. The van der Waals surface area contributed by atoms with Gasteiger partial charge in [0.15, 0.2) is 11.5 Å². The maximum atomic E-state index is 11.7. The van der Waals surface area contributed by atoms with E-state index in [1.165, 1.54) is 0 Å². The molecular formula is C17H18N2O4. The van der Waals surface area contributed by atoms with Gasteiger partial charge >= 0.3 is 6.03 Å². The highest BCUT2D eigenvalue weighted by atomic mass is 16.7. The Morgan fingerprint density at radius 3 is 2.74 bits per heavy atom. The van der Waals surface area contributed by atoms with Gasteiger partial charge < -0.3 is 24.8 Å². The number of para-hydroxylation sites is 1. The number of fused-ring (bicyclic) bond motifs is 1. The highest BCUT2D eigenvalue weighted by Gasteiger charge is 2.13. The Kier molecular flexibility index (Phi) is 4.83. The average molecular weight is 314 g/mol. The van der Waals surface area contributed by atoms with Crippen molar-refractivity contribution in [3.8, 4) is 17.2 Å². The van der Waals surface area contributed by atoms with Crippen molar-refractivity contribution < 1.29 is 19.0 Å². The van der Waals surface area contributed by atoms with E-state index in [1.54, 1.807) is 0 Å². The average Bonchev–Trinajstić information content (AvgIpc) is 3.05. The van der Waals surface area contributed by atoms with Crippen molar-refractivity contribution in [2.75, 3.05) is 19.9 Å². The Labute approximate surface area is 134 Å². The van der Waals surface area contributed by atoms with E-state index in [9.17, 15) is 4.79 Å². The van der Waals surface area contributed by atoms with Crippen LogP contribution >= 0.6 is 0 Å². The molecule has 0 saturated heterocycles. The Balaban J connectivity index is 1.35. The molecule has 1 aliphatic rings. The van der Waals surface area contributed by atoms with Crippen LogP contribution in [0, 0.1) is 0 Å². The third-order valence-corrected chi connectivity index (χ3v) is 3.29. The number of hydrogen-bond acceptors (Lipinski definition) is 4. The van der Waals surface area contributed by atoms with E-state index < -0.39 is 0 Å². The zero-order valence-corrected chi connectivity index (χ0v) is 12.6. The second-order valence-corrected chi connectivity index (χ2v) is 4.96. The van der Waals surface area contributed by atoms with E-state index in [2.05, 4.69) is 10.6 Å². The number of benzene rings is 2. The highest BCUT2D eigenvalue weighted by molar-refractivity contribution is 5.73. The number of hydrogen-bond donors (Lipinski definition) is 2. The lowest BCUT2D eigenvalue weighted by atomic mass is 10.2. The van der Waals surface area contributed by atoms with Crippen LogP contribution in [-0.2, 0) is 6.54 Å². The van der Waals surface area contributed by atoms with E-state index in [-0.39, 0.29) is 12.8 Å². The number of ether oxygens (including phenoxy) is 3. The Morgan fingerprint density at radius 1 is 1.04 bits per heavy atom. The Hall–Kier alpha value is -2.89. The molecule has 6 nitrogen and oxygen atoms in total. The summed E-state index contributed by atoms with van der Waals surface area (Å²) in [5.41, 5.74) is 0.949. The molecule has 0 aliphatic carbocycles. The number of nitrogens with one attached hydrogen (secondary N) is 2. The van der Waals surface area contributed by atoms with Gasteiger partial charge in [0.2, 0.25) is 6.79 Å². The summed E-state index contributed by atoms with van der Waals surface area (Å²) in [4.78, 5) is 11.7. The zero-order valence-electron chi connectivity index (χ0n) is 12.6. The summed E-state index contributed by atoms with van der Waals surface area (Å²) < 4.78 is 16.0. The summed E-state index contributed by atoms with van der Waals surface area (Å²) in [5.74, 6) is 2.23. The van der Waals surface area contributed by atoms with Crippen molar-refractivity contribution in [1.82, 2.24) is 10.6 Å². The van der Waals surface area contributed by atoms with Gasteiger partial charge in [-0.1, -0.05) is 24.3 Å². The fourth-order valence-electron chi connectivity index (χ4n) is 2.15. The maximum Gasteiger partial charge on any atom is 0.315 e. The van der Waals surface area contributed by atoms with Crippen LogP contribution in [-0.4, -0.2) is 26.0 Å². The second-order valence-electron chi connectivity index (χ2n) is 4.96. The van der Waals surface area contributed by atoms with Gasteiger partial charge in [0.25, 0.3) is 0 Å². The monoisotopic (exact) mass is 314 g/mol. The number of urea groups is 1. The first-order valence-corrected chi connectivity index (χ1v) is 7.39. The predicted octanol–water partition coefficient (Wildman–Crippen LogP) is 2.29. The third kappa shape index (κ3) is 4.29. The second kappa shape index (κ2) is 7.40. The minimum absolute atomic E-state index is 0.237. The van der Waals surface area contributed by atoms with Crippen LogP contribution in [0.5, 0.6) is 17.2 Å². The molecule has 2 N–H and O–H groups in total. The van der Waals surface area contributed by atoms with Gasteiger partial charge in [-0.05, 0) is 29.8 Å². The summed E-state index contributed by atoms with van der Waals surface area (Å²) in [6, 6.07) is 14.8. The fraction of sp³-hybridized carbons (Fsp3) is 0.235. The van der Waals surface area contributed by atoms with Crippen LogP contribution in [0.25, 0.3) is 0 Å². The maximum absolute atomic E-state index is 11.7. The molecule has 3 rings (SSSR count). The van der Waals surface area contributed by atoms with Gasteiger partial charge in [0.05, 0.1) is 6.54 Å². The van der Waals surface area contributed by atoms with Crippen LogP contribution in [0.15, 0.2) is 48.5 Å². The molecule has 120 valence electrons. The molecule has 0 aromatic heterocycles. The van der Waals surface area contributed by atoms with E-state index in [0.717, 1.165) is 17.1 Å². The number of carbonyl (C=O) groups excluding carboxylic acids is 1. The van der Waals surface area contributed by atoms with E-state index in [4.69, 9.17) is 14.2 Å². The van der Waals surface area contributed by atoms with Gasteiger partial charge in [-0.3, -0.25) is 0 Å². The van der Waals surface area contributed by atoms with E-state index >= 15 is 0 Å². The molecule has 0 bridgehead atoms. The van der Waals surface area contributed by atoms with E-state index in [1.807, 2.05) is 48.5 Å². The first kappa shape index (κ1) is 15.0. The molecule has 23 heavy (non-hydrogen) atoms. The van der Waals surface area contributed by atoms with Crippen molar-refractivity contribution in [1.29, 1.82) is 0 Å². The first-order valence-electron chi connectivity index (χ1n) is 7.39. The summed E-state index contributed by atoms with van der Waals surface area (Å²) >= 11 is 0. The fourth-order valence-corrected chi connectivity index (χ4v) is 2.15. The zero-order chi connectivity index (χ0) is 15.9. The third-order valence-electron chi connectivity index (χ3n) is 3.29. The van der Waals surface area contributed by atoms with Crippen molar-refractivity contribution in [2.24, 2.45) is 0 Å². The predicted molar refractivity (Wildman–Crippen MR) is 84.7 cm³/mol. The Morgan fingerprint density at radius 2 is 1.87 bits per heavy atom. The molecule has 1 aliphatic heterocycles. The summed E-state index contributed by atoms with van der Waals surface area (Å²) in [6.45, 7) is 1.51. The standard InChI is InChI=1S/C17H18N2O4/c20-17(18-8-9-21-14-4-2-1-3-5-14)19-11-13-6-7-15-16(10-13)23-12-22-15/h1-7,10H,8-9,11-12H2,(H2,18,19,20). The van der Waals surface area contributed by atoms with Crippen LogP contribution in [0.2, 0.25) is 0 Å². The van der Waals surface area contributed by atoms with Gasteiger partial charge in [0.1, 0.15) is 12.4 Å². The molecule has 1 heterocycles. The summed E-state index contributed by atoms with van der Waals surface area (Å²) in [7, 11) is 0. The van der Waals surface area contributed by atoms with E-state index in [0.29, 0.717) is 25.4 Å². The van der Waals surface area contributed by atoms with Crippen molar-refractivity contribution in [2.45, 2.75) is 6.54 Å². The van der Waals surface area contributed by atoms with Crippen LogP contribution in [0.3, 0.4) is 0 Å². The lowest BCUT2D eigenvalue weighted by Crippen LogP contribution is -2.37. The molecule has 0 radical (unpaired) electrons. The first-order chi connectivity index (χ1) is 11.3. The van der Waals surface area contributed by atoms with Gasteiger partial charge in [-0.25, -0.2) is 4.79 Å². The summed E-state index contributed by atoms with van der Waals surface area (Å²) in [6.07, 6.45) is 0. The topological polar surface area (TPSA) is 68.8 Å². The summed E-state index contributed by atoms with van der Waals surface area (Å²) in [5, 5.41) is 5.53. The van der Waals surface area contributed by atoms with Crippen LogP contribution in [0.1, 0.15) is 5.56 Å². The minimum Gasteiger partial charge on any atom is -0.492 e. The number of amides is 2. The smallest absolute Gasteiger partial charge is 0.315 e. The molecule has 2 amide bonds. The molecule has 0 fully saturated rings. The van der Waals surface area contributed by atoms with Crippen molar-refractivity contribution in [3.05, 3.63) is 54.1 Å². The molecule has 0 saturated carbocycles. The van der Waals surface area contributed by atoms with Crippen molar-refractivity contribution >= 4 is 6.03 Å². The Bertz CT molecular complexity index is 661. The molecular weight excluding hydrogens is 296 g/mol. The molecule has 2 aromatic carbocycles. The molecule has 0 spiro atoms. The lowest BCUT2D eigenvalue weighted by Gasteiger charge is -2.09. The molecule has 6 heteroatoms. The number of carbonyl (C=O) groups is 1. The highest BCUT2D eigenvalue weighted by Crippen LogP contribution is 2.32. The van der Waals surface area contributed by atoms with Crippen molar-refractivity contribution in [3.63, 3.8) is 0 Å². The lowest BCUT2D eigenvalue weighted by molar-refractivity contribution is 0.174. The van der Waals surface area contributed by atoms with Crippen LogP contribution in [0.4, 0.5) is 4.79 Å². The van der Waals surface area contributed by atoms with Gasteiger partial charge in [0, 0.05) is 6.54 Å². The SMILES string of the molecule is O=C(NCCOc1ccccc1)NCc1ccc2c(c1)OCO2. The van der Waals surface area contributed by atoms with Gasteiger partial charge in [-0.2, -0.15) is 0 Å². The normalized spacial score (nSPS) is 11.8. The van der Waals surface area contributed by atoms with Gasteiger partial charge in [-0.15, -0.1) is 0 Å². The number of rotatable bonds is 6. The molecule has 2 aromatic rings.